The van der Waals surface area contributed by atoms with E-state index in [0.717, 1.165) is 30.6 Å². The summed E-state index contributed by atoms with van der Waals surface area (Å²) in [6.07, 6.45) is 1.66. The van der Waals surface area contributed by atoms with Gasteiger partial charge in [-0.05, 0) is 48.6 Å². The molecule has 1 unspecified atom stereocenters. The van der Waals surface area contributed by atoms with Crippen LogP contribution < -0.4 is 5.32 Å². The average molecular weight is 360 g/mol. The molecule has 2 heterocycles. The number of piperidine rings is 1. The van der Waals surface area contributed by atoms with E-state index in [9.17, 15) is 12.8 Å². The SMILES string of the molecule is O=S(=O)(c1ccccc1)N1CCC(C2CNc3cc(F)ccc32)CC1. The van der Waals surface area contributed by atoms with E-state index in [4.69, 9.17) is 0 Å². The number of fused-ring (bicyclic) bond motifs is 1. The zero-order valence-electron chi connectivity index (χ0n) is 13.9. The molecule has 0 bridgehead atoms. The topological polar surface area (TPSA) is 49.4 Å². The Morgan fingerprint density at radius 1 is 1.04 bits per heavy atom. The molecule has 1 saturated heterocycles. The highest BCUT2D eigenvalue weighted by Gasteiger charge is 2.35. The predicted octanol–water partition coefficient (Wildman–Crippen LogP) is 3.44. The summed E-state index contributed by atoms with van der Waals surface area (Å²) in [5, 5.41) is 3.28. The van der Waals surface area contributed by atoms with Crippen LogP contribution in [0.25, 0.3) is 0 Å². The minimum absolute atomic E-state index is 0.226. The van der Waals surface area contributed by atoms with Crippen molar-refractivity contribution in [3.8, 4) is 0 Å². The molecule has 2 aromatic carbocycles. The minimum atomic E-state index is -3.41. The van der Waals surface area contributed by atoms with Gasteiger partial charge >= 0.3 is 0 Å². The third-order valence-corrected chi connectivity index (χ3v) is 7.29. The Kier molecular flexibility index (Phi) is 4.25. The van der Waals surface area contributed by atoms with Crippen molar-refractivity contribution < 1.29 is 12.8 Å². The Morgan fingerprint density at radius 3 is 2.48 bits per heavy atom. The van der Waals surface area contributed by atoms with Gasteiger partial charge in [0, 0.05) is 31.2 Å². The molecule has 0 aromatic heterocycles. The molecule has 4 rings (SSSR count). The highest BCUT2D eigenvalue weighted by atomic mass is 32.2. The number of benzene rings is 2. The van der Waals surface area contributed by atoms with Crippen LogP contribution >= 0.6 is 0 Å². The van der Waals surface area contributed by atoms with E-state index < -0.39 is 10.0 Å². The summed E-state index contributed by atoms with van der Waals surface area (Å²) in [5.74, 6) is 0.522. The van der Waals surface area contributed by atoms with Gasteiger partial charge in [0.15, 0.2) is 0 Å². The van der Waals surface area contributed by atoms with Crippen molar-refractivity contribution in [3.05, 3.63) is 59.9 Å². The Morgan fingerprint density at radius 2 is 1.76 bits per heavy atom. The first kappa shape index (κ1) is 16.5. The van der Waals surface area contributed by atoms with Crippen molar-refractivity contribution in [1.29, 1.82) is 0 Å². The maximum absolute atomic E-state index is 13.4. The molecule has 1 atom stereocenters. The lowest BCUT2D eigenvalue weighted by atomic mass is 9.81. The zero-order chi connectivity index (χ0) is 17.4. The van der Waals surface area contributed by atoms with E-state index in [1.807, 2.05) is 12.1 Å². The van der Waals surface area contributed by atoms with Gasteiger partial charge in [0.05, 0.1) is 4.90 Å². The van der Waals surface area contributed by atoms with Crippen molar-refractivity contribution in [3.63, 3.8) is 0 Å². The molecule has 2 aliphatic heterocycles. The van der Waals surface area contributed by atoms with Gasteiger partial charge in [0.25, 0.3) is 0 Å². The molecule has 4 nitrogen and oxygen atoms in total. The van der Waals surface area contributed by atoms with E-state index in [1.165, 1.54) is 6.07 Å². The van der Waals surface area contributed by atoms with Gasteiger partial charge in [-0.3, -0.25) is 0 Å². The number of nitrogens with one attached hydrogen (secondary N) is 1. The zero-order valence-corrected chi connectivity index (χ0v) is 14.7. The predicted molar refractivity (Wildman–Crippen MR) is 95.6 cm³/mol. The molecule has 0 amide bonds. The van der Waals surface area contributed by atoms with Gasteiger partial charge in [0.2, 0.25) is 10.0 Å². The normalized spacial score (nSPS) is 21.7. The Labute approximate surface area is 147 Å². The van der Waals surface area contributed by atoms with Gasteiger partial charge in [-0.1, -0.05) is 24.3 Å². The molecular weight excluding hydrogens is 339 g/mol. The monoisotopic (exact) mass is 360 g/mol. The molecule has 1 fully saturated rings. The van der Waals surface area contributed by atoms with Crippen LogP contribution in [0.5, 0.6) is 0 Å². The maximum Gasteiger partial charge on any atom is 0.243 e. The van der Waals surface area contributed by atoms with Crippen LogP contribution in [0.2, 0.25) is 0 Å². The quantitative estimate of drug-likeness (QED) is 0.912. The van der Waals surface area contributed by atoms with Crippen molar-refractivity contribution in [2.75, 3.05) is 25.0 Å². The Bertz CT molecular complexity index is 862. The third-order valence-electron chi connectivity index (χ3n) is 5.38. The van der Waals surface area contributed by atoms with Crippen molar-refractivity contribution in [2.24, 2.45) is 5.92 Å². The van der Waals surface area contributed by atoms with Gasteiger partial charge in [0.1, 0.15) is 5.82 Å². The molecule has 0 saturated carbocycles. The summed E-state index contributed by atoms with van der Waals surface area (Å²) in [7, 11) is -3.41. The molecule has 0 aliphatic carbocycles. The first-order valence-corrected chi connectivity index (χ1v) is 10.1. The van der Waals surface area contributed by atoms with Crippen LogP contribution in [0.15, 0.2) is 53.4 Å². The smallest absolute Gasteiger partial charge is 0.243 e. The van der Waals surface area contributed by atoms with Crippen LogP contribution in [0.1, 0.15) is 24.3 Å². The molecule has 132 valence electrons. The highest BCUT2D eigenvalue weighted by Crippen LogP contribution is 2.41. The molecule has 2 aromatic rings. The minimum Gasteiger partial charge on any atom is -0.384 e. The second-order valence-electron chi connectivity index (χ2n) is 6.77. The van der Waals surface area contributed by atoms with Crippen molar-refractivity contribution in [1.82, 2.24) is 4.31 Å². The number of rotatable bonds is 3. The molecular formula is C19H21FN2O2S. The summed E-state index contributed by atoms with van der Waals surface area (Å²) in [6, 6.07) is 13.5. The fourth-order valence-corrected chi connectivity index (χ4v) is 5.51. The standard InChI is InChI=1S/C19H21FN2O2S/c20-15-6-7-17-18(13-21-19(17)12-15)14-8-10-22(11-9-14)25(23,24)16-4-2-1-3-5-16/h1-7,12,14,18,21H,8-11,13H2. The summed E-state index contributed by atoms with van der Waals surface area (Å²) >= 11 is 0. The highest BCUT2D eigenvalue weighted by molar-refractivity contribution is 7.89. The van der Waals surface area contributed by atoms with Gasteiger partial charge < -0.3 is 5.32 Å². The first-order valence-electron chi connectivity index (χ1n) is 8.64. The van der Waals surface area contributed by atoms with Crippen LogP contribution in [0, 0.1) is 11.7 Å². The summed E-state index contributed by atoms with van der Waals surface area (Å²) in [4.78, 5) is 0.358. The molecule has 0 radical (unpaired) electrons. The fourth-order valence-electron chi connectivity index (χ4n) is 4.02. The largest absolute Gasteiger partial charge is 0.384 e. The molecule has 0 spiro atoms. The van der Waals surface area contributed by atoms with E-state index in [1.54, 1.807) is 34.6 Å². The van der Waals surface area contributed by atoms with E-state index in [-0.39, 0.29) is 5.82 Å². The Balaban J connectivity index is 1.46. The van der Waals surface area contributed by atoms with Crippen LogP contribution in [-0.2, 0) is 10.0 Å². The number of sulfonamides is 1. The molecule has 2 aliphatic rings. The molecule has 6 heteroatoms. The number of hydrogen-bond donors (Lipinski definition) is 1. The van der Waals surface area contributed by atoms with Crippen LogP contribution in [-0.4, -0.2) is 32.4 Å². The maximum atomic E-state index is 13.4. The number of anilines is 1. The van der Waals surface area contributed by atoms with Crippen molar-refractivity contribution in [2.45, 2.75) is 23.7 Å². The number of hydrogen-bond acceptors (Lipinski definition) is 3. The van der Waals surface area contributed by atoms with E-state index in [2.05, 4.69) is 5.32 Å². The van der Waals surface area contributed by atoms with Gasteiger partial charge in [-0.25, -0.2) is 12.8 Å². The second kappa shape index (κ2) is 6.42. The average Bonchev–Trinajstić information content (AvgIpc) is 3.05. The lowest BCUT2D eigenvalue weighted by Gasteiger charge is -2.34. The van der Waals surface area contributed by atoms with Gasteiger partial charge in [-0.2, -0.15) is 4.31 Å². The number of nitrogens with zero attached hydrogens (tertiary/aromatic N) is 1. The summed E-state index contributed by atoms with van der Waals surface area (Å²) in [6.45, 7) is 1.87. The van der Waals surface area contributed by atoms with E-state index >= 15 is 0 Å². The van der Waals surface area contributed by atoms with E-state index in [0.29, 0.717) is 29.8 Å². The Hall–Kier alpha value is -1.92. The summed E-state index contributed by atoms with van der Waals surface area (Å²) in [5.41, 5.74) is 2.04. The van der Waals surface area contributed by atoms with Crippen molar-refractivity contribution >= 4 is 15.7 Å². The second-order valence-corrected chi connectivity index (χ2v) is 8.71. The molecule has 25 heavy (non-hydrogen) atoms. The number of halogens is 1. The van der Waals surface area contributed by atoms with Gasteiger partial charge in [-0.15, -0.1) is 0 Å². The third kappa shape index (κ3) is 3.04. The fraction of sp³-hybridized carbons (Fsp3) is 0.368. The lowest BCUT2D eigenvalue weighted by molar-refractivity contribution is 0.250. The van der Waals surface area contributed by atoms with Crippen LogP contribution in [0.3, 0.4) is 0 Å². The summed E-state index contributed by atoms with van der Waals surface area (Å²) < 4.78 is 40.4. The van der Waals surface area contributed by atoms with Crippen LogP contribution in [0.4, 0.5) is 10.1 Å². The lowest BCUT2D eigenvalue weighted by Crippen LogP contribution is -2.39. The first-order chi connectivity index (χ1) is 12.1. The molecule has 1 N–H and O–H groups in total.